The Morgan fingerprint density at radius 1 is 0.524 bits per heavy atom. The van der Waals surface area contributed by atoms with E-state index in [0.717, 1.165) is 58.4 Å². The molecule has 0 aliphatic carbocycles. The summed E-state index contributed by atoms with van der Waals surface area (Å²) < 4.78 is 2.34. The number of aromatic amines is 2. The van der Waals surface area contributed by atoms with Crippen LogP contribution >= 0.6 is 22.7 Å². The van der Waals surface area contributed by atoms with Crippen molar-refractivity contribution in [3.8, 4) is 32.6 Å². The van der Waals surface area contributed by atoms with E-state index in [1.165, 1.54) is 10.3 Å². The van der Waals surface area contributed by atoms with Crippen LogP contribution in [0, 0.1) is 6.92 Å². The molecule has 8 rings (SSSR count). The minimum absolute atomic E-state index is 0. The second-order valence-electron chi connectivity index (χ2n) is 9.93. The van der Waals surface area contributed by atoms with Gasteiger partial charge < -0.3 is 10.2 Å². The average Bonchev–Trinajstić information content (AvgIpc) is 3.62. The first kappa shape index (κ1) is 27.6. The van der Waals surface area contributed by atoms with Crippen LogP contribution in [0.1, 0.15) is 5.56 Å². The summed E-state index contributed by atoms with van der Waals surface area (Å²) in [4.78, 5) is 6.70. The van der Waals surface area contributed by atoms with Crippen molar-refractivity contribution in [3.63, 3.8) is 0 Å². The fraction of sp³-hybridized carbons (Fsp3) is 0.0286. The molecule has 0 aliphatic rings. The van der Waals surface area contributed by atoms with Gasteiger partial charge in [0.1, 0.15) is 9.40 Å². The minimum atomic E-state index is 0. The van der Waals surface area contributed by atoms with Gasteiger partial charge in [-0.25, -0.2) is 0 Å². The first-order valence-corrected chi connectivity index (χ1v) is 14.9. The van der Waals surface area contributed by atoms with Gasteiger partial charge in [-0.2, -0.15) is 9.97 Å². The Balaban J connectivity index is 0.000000147. The molecule has 6 aromatic carbocycles. The minimum Gasteiger partial charge on any atom is -0.871 e. The van der Waals surface area contributed by atoms with Crippen LogP contribution in [0.25, 0.3) is 63.1 Å². The summed E-state index contributed by atoms with van der Waals surface area (Å²) in [6, 6.07) is 37.6. The number of aryl methyl sites for hydroxylation is 1. The number of para-hydroxylation sites is 1. The second kappa shape index (κ2) is 11.3. The van der Waals surface area contributed by atoms with Crippen molar-refractivity contribution >= 4 is 74.8 Å². The summed E-state index contributed by atoms with van der Waals surface area (Å²) in [5.41, 5.74) is 4.86. The van der Waals surface area contributed by atoms with E-state index >= 15 is 0 Å². The molecule has 0 spiro atoms. The SMILES string of the molecule is Cc1ccc2[nH+]c(-c3ccc4ccccc4c3[O-])sc2c1.[Be+2].[O-]c1c(-c2[nH+]c3ccccc3s2)ccc2ccccc12. The zero-order chi connectivity index (χ0) is 27.9. The standard InChI is InChI=1S/C18H13NOS.C17H11NOS.Be/c1-11-6-9-15-16(10-11)21-18(19-15)14-8-7-12-4-2-3-5-13(12)17(14)20;19-16-12-6-2-1-5-11(12)9-10-13(16)17-18-14-7-3-4-8-15(14)20-17;/h2-10,20H,1H3;1-10,19H;/q;;+2. The molecular formula is C35H24BeN2O2S2+2. The van der Waals surface area contributed by atoms with Crippen LogP contribution in [0.3, 0.4) is 0 Å². The second-order valence-corrected chi connectivity index (χ2v) is 12.0. The maximum absolute atomic E-state index is 12.7. The van der Waals surface area contributed by atoms with Crippen LogP contribution in [0.4, 0.5) is 0 Å². The maximum Gasteiger partial charge on any atom is 2.00 e. The Morgan fingerprint density at radius 3 is 1.62 bits per heavy atom. The van der Waals surface area contributed by atoms with Crippen molar-refractivity contribution in [1.82, 2.24) is 0 Å². The number of nitrogens with one attached hydrogen (secondary N) is 2. The number of benzene rings is 6. The Bertz CT molecular complexity index is 2190. The molecule has 2 aromatic heterocycles. The zero-order valence-electron chi connectivity index (χ0n) is 22.8. The summed E-state index contributed by atoms with van der Waals surface area (Å²) in [7, 11) is 0. The van der Waals surface area contributed by atoms with Gasteiger partial charge >= 0.3 is 10.1 Å². The van der Waals surface area contributed by atoms with Crippen molar-refractivity contribution in [2.75, 3.05) is 0 Å². The number of hydrogen-bond acceptors (Lipinski definition) is 4. The van der Waals surface area contributed by atoms with Gasteiger partial charge in [-0.3, -0.25) is 0 Å². The van der Waals surface area contributed by atoms with Gasteiger partial charge in [0.15, 0.2) is 0 Å². The first-order valence-electron chi connectivity index (χ1n) is 13.3. The quantitative estimate of drug-likeness (QED) is 0.205. The molecule has 0 aliphatic heterocycles. The van der Waals surface area contributed by atoms with Gasteiger partial charge in [-0.05, 0) is 58.3 Å². The predicted molar refractivity (Wildman–Crippen MR) is 172 cm³/mol. The van der Waals surface area contributed by atoms with Crippen LogP contribution in [-0.4, -0.2) is 10.1 Å². The molecule has 0 atom stereocenters. The van der Waals surface area contributed by atoms with Crippen molar-refractivity contribution in [2.45, 2.75) is 6.92 Å². The van der Waals surface area contributed by atoms with E-state index in [1.807, 2.05) is 91.0 Å². The summed E-state index contributed by atoms with van der Waals surface area (Å²) in [5, 5.41) is 30.6. The smallest absolute Gasteiger partial charge is 0.871 e. The number of H-pyrrole nitrogens is 2. The zero-order valence-corrected chi connectivity index (χ0v) is 24.4. The number of fused-ring (bicyclic) bond motifs is 4. The average molecular weight is 578 g/mol. The third-order valence-electron chi connectivity index (χ3n) is 7.19. The Morgan fingerprint density at radius 2 is 1.02 bits per heavy atom. The van der Waals surface area contributed by atoms with Gasteiger partial charge in [0.2, 0.25) is 11.0 Å². The van der Waals surface area contributed by atoms with Crippen molar-refractivity contribution in [1.29, 1.82) is 0 Å². The summed E-state index contributed by atoms with van der Waals surface area (Å²) >= 11 is 3.25. The van der Waals surface area contributed by atoms with Gasteiger partial charge in [-0.15, -0.1) is 0 Å². The van der Waals surface area contributed by atoms with E-state index in [1.54, 1.807) is 22.7 Å². The molecule has 0 fully saturated rings. The van der Waals surface area contributed by atoms with Crippen LogP contribution in [0.15, 0.2) is 115 Å². The number of hydrogen-bond donors (Lipinski definition) is 0. The number of rotatable bonds is 2. The molecule has 0 saturated heterocycles. The number of aromatic nitrogens is 2. The van der Waals surface area contributed by atoms with Crippen molar-refractivity contribution in [3.05, 3.63) is 121 Å². The van der Waals surface area contributed by atoms with Gasteiger partial charge in [-0.1, -0.05) is 113 Å². The van der Waals surface area contributed by atoms with Crippen molar-refractivity contribution in [2.24, 2.45) is 0 Å². The van der Waals surface area contributed by atoms with Gasteiger partial charge in [0.05, 0.1) is 11.1 Å². The van der Waals surface area contributed by atoms with Gasteiger partial charge in [0.25, 0.3) is 10.0 Å². The van der Waals surface area contributed by atoms with E-state index in [0.29, 0.717) is 0 Å². The van der Waals surface area contributed by atoms with Crippen LogP contribution in [-0.2, 0) is 0 Å². The molecule has 8 aromatic rings. The van der Waals surface area contributed by atoms with E-state index in [9.17, 15) is 10.2 Å². The largest absolute Gasteiger partial charge is 2.00 e. The molecule has 2 N–H and O–H groups in total. The fourth-order valence-corrected chi connectivity index (χ4v) is 7.23. The molecule has 0 saturated carbocycles. The third-order valence-corrected chi connectivity index (χ3v) is 9.38. The first-order chi connectivity index (χ1) is 20.0. The molecule has 0 unspecified atom stereocenters. The topological polar surface area (TPSA) is 74.4 Å². The number of thiazole rings is 2. The molecule has 198 valence electrons. The van der Waals surface area contributed by atoms with Crippen LogP contribution < -0.4 is 20.2 Å². The molecule has 0 radical (unpaired) electrons. The molecule has 4 nitrogen and oxygen atoms in total. The molecule has 42 heavy (non-hydrogen) atoms. The maximum atomic E-state index is 12.7. The van der Waals surface area contributed by atoms with Gasteiger partial charge in [0, 0.05) is 12.1 Å². The predicted octanol–water partition coefficient (Wildman–Crippen LogP) is 7.15. The molecule has 7 heteroatoms. The Labute approximate surface area is 254 Å². The molecule has 0 bridgehead atoms. The summed E-state index contributed by atoms with van der Waals surface area (Å²) in [6.45, 7) is 2.08. The van der Waals surface area contributed by atoms with E-state index in [2.05, 4.69) is 41.2 Å². The third kappa shape index (κ3) is 5.01. The van der Waals surface area contributed by atoms with E-state index in [-0.39, 0.29) is 21.6 Å². The van der Waals surface area contributed by atoms with Crippen LogP contribution in [0.5, 0.6) is 11.5 Å². The normalized spacial score (nSPS) is 11.0. The summed E-state index contributed by atoms with van der Waals surface area (Å²) in [6.07, 6.45) is 0. The monoisotopic (exact) mass is 577 g/mol. The fourth-order valence-electron chi connectivity index (χ4n) is 5.08. The summed E-state index contributed by atoms with van der Waals surface area (Å²) in [5.74, 6) is 0.179. The molecular weight excluding hydrogens is 554 g/mol. The Hall–Kier alpha value is -4.61. The van der Waals surface area contributed by atoms with Crippen LogP contribution in [0.2, 0.25) is 0 Å². The molecule has 0 amide bonds. The van der Waals surface area contributed by atoms with E-state index < -0.39 is 0 Å². The van der Waals surface area contributed by atoms with Crippen molar-refractivity contribution < 1.29 is 20.2 Å². The Kier molecular flexibility index (Phi) is 7.44. The molecule has 2 heterocycles. The van der Waals surface area contributed by atoms with E-state index in [4.69, 9.17) is 0 Å².